The highest BCUT2D eigenvalue weighted by molar-refractivity contribution is 5.63. The van der Waals surface area contributed by atoms with Crippen LogP contribution in [0.3, 0.4) is 0 Å². The molecule has 0 radical (unpaired) electrons. The molecule has 0 aliphatic heterocycles. The summed E-state index contributed by atoms with van der Waals surface area (Å²) in [6.45, 7) is 0. The van der Waals surface area contributed by atoms with Crippen LogP contribution in [-0.4, -0.2) is 12.1 Å². The molecule has 1 fully saturated rings. The number of methoxy groups -OCH3 is 1. The van der Waals surface area contributed by atoms with Gasteiger partial charge in [0, 0.05) is 23.4 Å². The van der Waals surface area contributed by atoms with Crippen LogP contribution in [-0.2, 0) is 5.54 Å². The van der Waals surface area contributed by atoms with Crippen molar-refractivity contribution in [3.05, 3.63) is 48.2 Å². The third-order valence-corrected chi connectivity index (χ3v) is 3.53. The lowest BCUT2D eigenvalue weighted by Crippen LogP contribution is -2.18. The van der Waals surface area contributed by atoms with E-state index in [2.05, 4.69) is 29.2 Å². The van der Waals surface area contributed by atoms with E-state index in [-0.39, 0.29) is 5.54 Å². The zero-order chi connectivity index (χ0) is 12.6. The molecule has 3 rings (SSSR count). The van der Waals surface area contributed by atoms with Crippen molar-refractivity contribution in [3.8, 4) is 17.0 Å². The summed E-state index contributed by atoms with van der Waals surface area (Å²) in [5, 5.41) is 0. The summed E-state index contributed by atoms with van der Waals surface area (Å²) >= 11 is 0. The zero-order valence-electron chi connectivity index (χ0n) is 10.4. The number of hydrogen-bond donors (Lipinski definition) is 1. The lowest BCUT2D eigenvalue weighted by molar-refractivity contribution is 0.398. The van der Waals surface area contributed by atoms with Gasteiger partial charge in [0.2, 0.25) is 5.88 Å². The second kappa shape index (κ2) is 4.10. The number of ether oxygens (including phenoxy) is 1. The number of nitrogens with zero attached hydrogens (tertiary/aromatic N) is 1. The van der Waals surface area contributed by atoms with Crippen molar-refractivity contribution in [2.75, 3.05) is 7.11 Å². The van der Waals surface area contributed by atoms with Crippen LogP contribution in [0.1, 0.15) is 18.4 Å². The van der Waals surface area contributed by atoms with E-state index in [4.69, 9.17) is 10.5 Å². The van der Waals surface area contributed by atoms with E-state index in [0.29, 0.717) is 5.88 Å². The first-order valence-electron chi connectivity index (χ1n) is 6.11. The van der Waals surface area contributed by atoms with E-state index in [9.17, 15) is 0 Å². The maximum atomic E-state index is 6.17. The first kappa shape index (κ1) is 11.2. The first-order chi connectivity index (χ1) is 8.71. The topological polar surface area (TPSA) is 48.1 Å². The molecule has 0 bridgehead atoms. The van der Waals surface area contributed by atoms with E-state index < -0.39 is 0 Å². The van der Waals surface area contributed by atoms with Crippen molar-refractivity contribution in [1.29, 1.82) is 0 Å². The first-order valence-corrected chi connectivity index (χ1v) is 6.11. The Morgan fingerprint density at radius 2 is 1.72 bits per heavy atom. The SMILES string of the molecule is COc1ccc(-c2ccc(C3(N)CC3)cc2)cn1. The molecule has 0 amide bonds. The van der Waals surface area contributed by atoms with Gasteiger partial charge in [-0.25, -0.2) is 4.98 Å². The highest BCUT2D eigenvalue weighted by Gasteiger charge is 2.39. The van der Waals surface area contributed by atoms with Gasteiger partial charge in [-0.1, -0.05) is 24.3 Å². The number of pyridine rings is 1. The number of aromatic nitrogens is 1. The Morgan fingerprint density at radius 1 is 1.06 bits per heavy atom. The van der Waals surface area contributed by atoms with Crippen LogP contribution >= 0.6 is 0 Å². The molecule has 3 heteroatoms. The molecular formula is C15H16N2O. The molecule has 0 saturated heterocycles. The Hall–Kier alpha value is -1.87. The molecule has 0 atom stereocenters. The summed E-state index contributed by atoms with van der Waals surface area (Å²) in [4.78, 5) is 4.21. The third kappa shape index (κ3) is 1.97. The molecule has 18 heavy (non-hydrogen) atoms. The summed E-state index contributed by atoms with van der Waals surface area (Å²) in [6, 6.07) is 12.3. The molecule has 2 aromatic rings. The highest BCUT2D eigenvalue weighted by Crippen LogP contribution is 2.42. The van der Waals surface area contributed by atoms with E-state index >= 15 is 0 Å². The Bertz CT molecular complexity index is 542. The van der Waals surface area contributed by atoms with Gasteiger partial charge in [0.15, 0.2) is 0 Å². The van der Waals surface area contributed by atoms with Crippen molar-refractivity contribution in [1.82, 2.24) is 4.98 Å². The molecule has 92 valence electrons. The van der Waals surface area contributed by atoms with Gasteiger partial charge in [-0.05, 0) is 30.0 Å². The van der Waals surface area contributed by atoms with Gasteiger partial charge in [0.25, 0.3) is 0 Å². The predicted octanol–water partition coefficient (Wildman–Crippen LogP) is 2.71. The van der Waals surface area contributed by atoms with Crippen LogP contribution in [0.15, 0.2) is 42.6 Å². The smallest absolute Gasteiger partial charge is 0.212 e. The molecule has 1 heterocycles. The standard InChI is InChI=1S/C15H16N2O/c1-18-14-7-4-12(10-17-14)11-2-5-13(6-3-11)15(16)8-9-15/h2-7,10H,8-9,16H2,1H3. The second-order valence-electron chi connectivity index (χ2n) is 4.82. The molecule has 1 aliphatic rings. The number of hydrogen-bond acceptors (Lipinski definition) is 3. The van der Waals surface area contributed by atoms with Gasteiger partial charge in [-0.3, -0.25) is 0 Å². The molecule has 0 spiro atoms. The van der Waals surface area contributed by atoms with Crippen LogP contribution in [0.2, 0.25) is 0 Å². The maximum absolute atomic E-state index is 6.17. The van der Waals surface area contributed by atoms with Crippen LogP contribution in [0.4, 0.5) is 0 Å². The minimum absolute atomic E-state index is 0.0588. The lowest BCUT2D eigenvalue weighted by Gasteiger charge is -2.10. The quantitative estimate of drug-likeness (QED) is 0.897. The van der Waals surface area contributed by atoms with Crippen molar-refractivity contribution < 1.29 is 4.74 Å². The Morgan fingerprint density at radius 3 is 2.22 bits per heavy atom. The van der Waals surface area contributed by atoms with Gasteiger partial charge in [0.1, 0.15) is 0 Å². The van der Waals surface area contributed by atoms with Crippen LogP contribution in [0.5, 0.6) is 5.88 Å². The minimum atomic E-state index is -0.0588. The summed E-state index contributed by atoms with van der Waals surface area (Å²) < 4.78 is 5.05. The molecule has 2 N–H and O–H groups in total. The van der Waals surface area contributed by atoms with Crippen molar-refractivity contribution >= 4 is 0 Å². The van der Waals surface area contributed by atoms with Crippen molar-refractivity contribution in [2.45, 2.75) is 18.4 Å². The molecule has 1 aliphatic carbocycles. The fraction of sp³-hybridized carbons (Fsp3) is 0.267. The van der Waals surface area contributed by atoms with Crippen LogP contribution in [0, 0.1) is 0 Å². The van der Waals surface area contributed by atoms with Gasteiger partial charge in [0.05, 0.1) is 7.11 Å². The van der Waals surface area contributed by atoms with Crippen molar-refractivity contribution in [2.24, 2.45) is 5.73 Å². The van der Waals surface area contributed by atoms with E-state index in [1.165, 1.54) is 5.56 Å². The largest absolute Gasteiger partial charge is 0.481 e. The maximum Gasteiger partial charge on any atom is 0.212 e. The molecule has 0 unspecified atom stereocenters. The van der Waals surface area contributed by atoms with E-state index in [0.717, 1.165) is 24.0 Å². The van der Waals surface area contributed by atoms with Crippen molar-refractivity contribution in [3.63, 3.8) is 0 Å². The van der Waals surface area contributed by atoms with E-state index in [1.807, 2.05) is 18.3 Å². The van der Waals surface area contributed by atoms with Gasteiger partial charge < -0.3 is 10.5 Å². The van der Waals surface area contributed by atoms with Gasteiger partial charge in [-0.15, -0.1) is 0 Å². The fourth-order valence-corrected chi connectivity index (χ4v) is 2.09. The molecule has 1 aromatic heterocycles. The van der Waals surface area contributed by atoms with E-state index in [1.54, 1.807) is 7.11 Å². The summed E-state index contributed by atoms with van der Waals surface area (Å²) in [6.07, 6.45) is 4.01. The Kier molecular flexibility index (Phi) is 2.56. The average molecular weight is 240 g/mol. The summed E-state index contributed by atoms with van der Waals surface area (Å²) in [7, 11) is 1.62. The average Bonchev–Trinajstić information content (AvgIpc) is 3.18. The Labute approximate surface area is 107 Å². The molecule has 1 aromatic carbocycles. The summed E-state index contributed by atoms with van der Waals surface area (Å²) in [5.41, 5.74) is 9.57. The molecule has 1 saturated carbocycles. The predicted molar refractivity (Wildman–Crippen MR) is 71.3 cm³/mol. The number of rotatable bonds is 3. The number of benzene rings is 1. The number of nitrogens with two attached hydrogens (primary N) is 1. The highest BCUT2D eigenvalue weighted by atomic mass is 16.5. The summed E-state index contributed by atoms with van der Waals surface area (Å²) in [5.74, 6) is 0.634. The lowest BCUT2D eigenvalue weighted by atomic mass is 10.0. The Balaban J connectivity index is 1.87. The normalized spacial score (nSPS) is 16.3. The monoisotopic (exact) mass is 240 g/mol. The zero-order valence-corrected chi connectivity index (χ0v) is 10.4. The van der Waals surface area contributed by atoms with Crippen LogP contribution < -0.4 is 10.5 Å². The molecular weight excluding hydrogens is 224 g/mol. The van der Waals surface area contributed by atoms with Gasteiger partial charge in [-0.2, -0.15) is 0 Å². The second-order valence-corrected chi connectivity index (χ2v) is 4.82. The van der Waals surface area contributed by atoms with Gasteiger partial charge >= 0.3 is 0 Å². The minimum Gasteiger partial charge on any atom is -0.481 e. The van der Waals surface area contributed by atoms with Crippen LogP contribution in [0.25, 0.3) is 11.1 Å². The molecule has 3 nitrogen and oxygen atoms in total. The fourth-order valence-electron chi connectivity index (χ4n) is 2.09. The third-order valence-electron chi connectivity index (χ3n) is 3.53.